The van der Waals surface area contributed by atoms with E-state index in [-0.39, 0.29) is 0 Å². The minimum absolute atomic E-state index is 0.523. The third-order valence-electron chi connectivity index (χ3n) is 3.15. The molecule has 0 amide bonds. The van der Waals surface area contributed by atoms with E-state index in [1.807, 2.05) is 6.07 Å². The number of nitrogen functional groups attached to an aromatic ring is 1. The molecule has 0 spiro atoms. The van der Waals surface area contributed by atoms with Crippen LogP contribution in [0.2, 0.25) is 5.15 Å². The number of pyridine rings is 1. The second-order valence-corrected chi connectivity index (χ2v) is 4.59. The van der Waals surface area contributed by atoms with Crippen LogP contribution in [0.15, 0.2) is 12.1 Å². The second-order valence-electron chi connectivity index (χ2n) is 4.21. The highest BCUT2D eigenvalue weighted by atomic mass is 35.5. The molecule has 1 aliphatic carbocycles. The molecule has 0 aromatic carbocycles. The number of hydrogen-bond acceptors (Lipinski definition) is 3. The van der Waals surface area contributed by atoms with Crippen molar-refractivity contribution < 1.29 is 0 Å². The molecule has 2 N–H and O–H groups in total. The van der Waals surface area contributed by atoms with E-state index in [1.165, 1.54) is 6.42 Å². The number of halogens is 1. The van der Waals surface area contributed by atoms with E-state index in [1.54, 1.807) is 6.07 Å². The van der Waals surface area contributed by atoms with Crippen molar-refractivity contribution in [2.24, 2.45) is 11.8 Å². The van der Waals surface area contributed by atoms with Gasteiger partial charge in [0.05, 0.1) is 5.69 Å². The van der Waals surface area contributed by atoms with Crippen molar-refractivity contribution in [1.29, 1.82) is 0 Å². The van der Waals surface area contributed by atoms with Crippen LogP contribution < -0.4 is 10.6 Å². The Morgan fingerprint density at radius 3 is 2.79 bits per heavy atom. The summed E-state index contributed by atoms with van der Waals surface area (Å²) in [6.07, 6.45) is 1.39. The molecule has 74 valence electrons. The first-order valence-electron chi connectivity index (χ1n) is 4.91. The van der Waals surface area contributed by atoms with Crippen LogP contribution in [0.3, 0.4) is 0 Å². The zero-order valence-electron chi connectivity index (χ0n) is 7.78. The van der Waals surface area contributed by atoms with Crippen LogP contribution >= 0.6 is 11.6 Å². The van der Waals surface area contributed by atoms with Gasteiger partial charge in [0.1, 0.15) is 5.15 Å². The van der Waals surface area contributed by atoms with Gasteiger partial charge in [-0.25, -0.2) is 4.98 Å². The number of piperidine rings is 1. The van der Waals surface area contributed by atoms with Gasteiger partial charge in [0.15, 0.2) is 5.82 Å². The molecule has 1 aromatic rings. The van der Waals surface area contributed by atoms with Crippen molar-refractivity contribution in [2.45, 2.75) is 6.42 Å². The predicted molar refractivity (Wildman–Crippen MR) is 57.5 cm³/mol. The maximum Gasteiger partial charge on any atom is 0.153 e. The van der Waals surface area contributed by atoms with Crippen LogP contribution in [0, 0.1) is 11.8 Å². The molecule has 1 saturated carbocycles. The lowest BCUT2D eigenvalue weighted by Crippen LogP contribution is -2.24. The number of nitrogens with two attached hydrogens (primary N) is 1. The fourth-order valence-corrected chi connectivity index (χ4v) is 2.40. The first-order chi connectivity index (χ1) is 6.74. The number of fused-ring (bicyclic) bond motifs is 1. The van der Waals surface area contributed by atoms with Gasteiger partial charge >= 0.3 is 0 Å². The molecule has 1 aromatic heterocycles. The SMILES string of the molecule is Nc1ccc(Cl)nc1N1CC2CC2C1. The van der Waals surface area contributed by atoms with E-state index in [4.69, 9.17) is 17.3 Å². The van der Waals surface area contributed by atoms with Crippen LogP contribution in [-0.4, -0.2) is 18.1 Å². The highest BCUT2D eigenvalue weighted by molar-refractivity contribution is 6.29. The minimum Gasteiger partial charge on any atom is -0.396 e. The van der Waals surface area contributed by atoms with Gasteiger partial charge in [-0.05, 0) is 30.4 Å². The van der Waals surface area contributed by atoms with Crippen molar-refractivity contribution in [3.8, 4) is 0 Å². The Kier molecular flexibility index (Phi) is 1.65. The van der Waals surface area contributed by atoms with Gasteiger partial charge in [-0.3, -0.25) is 0 Å². The molecule has 0 radical (unpaired) electrons. The Morgan fingerprint density at radius 1 is 1.36 bits per heavy atom. The molecule has 4 heteroatoms. The van der Waals surface area contributed by atoms with Crippen LogP contribution in [0.1, 0.15) is 6.42 Å². The normalized spacial score (nSPS) is 29.1. The summed E-state index contributed by atoms with van der Waals surface area (Å²) in [4.78, 5) is 6.53. The monoisotopic (exact) mass is 209 g/mol. The number of aromatic nitrogens is 1. The lowest BCUT2D eigenvalue weighted by atomic mass is 10.3. The van der Waals surface area contributed by atoms with E-state index in [0.717, 1.165) is 36.4 Å². The lowest BCUT2D eigenvalue weighted by molar-refractivity contribution is 0.807. The predicted octanol–water partition coefficient (Wildman–Crippen LogP) is 1.77. The lowest BCUT2D eigenvalue weighted by Gasteiger charge is -2.20. The maximum absolute atomic E-state index is 5.87. The molecule has 1 aliphatic heterocycles. The third kappa shape index (κ3) is 1.23. The third-order valence-corrected chi connectivity index (χ3v) is 3.36. The average Bonchev–Trinajstić information content (AvgIpc) is 2.78. The molecule has 14 heavy (non-hydrogen) atoms. The Hall–Kier alpha value is -0.960. The molecular formula is C10H12ClN3. The Bertz CT molecular complexity index is 370. The number of anilines is 2. The maximum atomic E-state index is 5.87. The summed E-state index contributed by atoms with van der Waals surface area (Å²) < 4.78 is 0. The highest BCUT2D eigenvalue weighted by Gasteiger charge is 2.45. The van der Waals surface area contributed by atoms with Crippen LogP contribution in [-0.2, 0) is 0 Å². The summed E-state index contributed by atoms with van der Waals surface area (Å²) in [6.45, 7) is 2.20. The van der Waals surface area contributed by atoms with Crippen molar-refractivity contribution in [1.82, 2.24) is 4.98 Å². The quantitative estimate of drug-likeness (QED) is 0.717. The topological polar surface area (TPSA) is 42.1 Å². The van der Waals surface area contributed by atoms with Crippen LogP contribution in [0.25, 0.3) is 0 Å². The van der Waals surface area contributed by atoms with Gasteiger partial charge in [-0.2, -0.15) is 0 Å². The van der Waals surface area contributed by atoms with Crippen molar-refractivity contribution in [2.75, 3.05) is 23.7 Å². The molecule has 3 rings (SSSR count). The molecule has 2 fully saturated rings. The van der Waals surface area contributed by atoms with Crippen molar-refractivity contribution >= 4 is 23.1 Å². The van der Waals surface area contributed by atoms with Gasteiger partial charge in [-0.1, -0.05) is 11.6 Å². The van der Waals surface area contributed by atoms with E-state index in [9.17, 15) is 0 Å². The number of nitrogens with zero attached hydrogens (tertiary/aromatic N) is 2. The molecule has 0 bridgehead atoms. The summed E-state index contributed by atoms with van der Waals surface area (Å²) in [5.74, 6) is 2.63. The van der Waals surface area contributed by atoms with Gasteiger partial charge in [0, 0.05) is 13.1 Å². The summed E-state index contributed by atoms with van der Waals surface area (Å²) in [7, 11) is 0. The second kappa shape index (κ2) is 2.76. The van der Waals surface area contributed by atoms with Crippen LogP contribution in [0.5, 0.6) is 0 Å². The van der Waals surface area contributed by atoms with Gasteiger partial charge < -0.3 is 10.6 Å². The summed E-state index contributed by atoms with van der Waals surface area (Å²) in [5.41, 5.74) is 6.60. The molecule has 3 nitrogen and oxygen atoms in total. The fraction of sp³-hybridized carbons (Fsp3) is 0.500. The van der Waals surface area contributed by atoms with Gasteiger partial charge in [0.25, 0.3) is 0 Å². The summed E-state index contributed by atoms with van der Waals surface area (Å²) in [5, 5.41) is 0.523. The van der Waals surface area contributed by atoms with Crippen molar-refractivity contribution in [3.63, 3.8) is 0 Å². The average molecular weight is 210 g/mol. The van der Waals surface area contributed by atoms with E-state index >= 15 is 0 Å². The first kappa shape index (κ1) is 8.36. The zero-order valence-corrected chi connectivity index (χ0v) is 8.54. The Morgan fingerprint density at radius 2 is 2.07 bits per heavy atom. The molecule has 2 heterocycles. The standard InChI is InChI=1S/C10H12ClN3/c11-9-2-1-8(12)10(13-9)14-4-6-3-7(6)5-14/h1-2,6-7H,3-5,12H2. The summed E-state index contributed by atoms with van der Waals surface area (Å²) >= 11 is 5.85. The summed E-state index contributed by atoms with van der Waals surface area (Å²) in [6, 6.07) is 3.56. The van der Waals surface area contributed by atoms with Gasteiger partial charge in [-0.15, -0.1) is 0 Å². The Balaban J connectivity index is 1.91. The molecule has 2 aliphatic rings. The van der Waals surface area contributed by atoms with E-state index in [0.29, 0.717) is 5.15 Å². The van der Waals surface area contributed by atoms with Gasteiger partial charge in [0.2, 0.25) is 0 Å². The molecule has 2 unspecified atom stereocenters. The van der Waals surface area contributed by atoms with Crippen molar-refractivity contribution in [3.05, 3.63) is 17.3 Å². The Labute approximate surface area is 87.9 Å². The largest absolute Gasteiger partial charge is 0.396 e. The molecular weight excluding hydrogens is 198 g/mol. The number of rotatable bonds is 1. The molecule has 1 saturated heterocycles. The minimum atomic E-state index is 0.523. The number of hydrogen-bond donors (Lipinski definition) is 1. The first-order valence-corrected chi connectivity index (χ1v) is 5.29. The van der Waals surface area contributed by atoms with E-state index in [2.05, 4.69) is 9.88 Å². The molecule has 2 atom stereocenters. The van der Waals surface area contributed by atoms with E-state index < -0.39 is 0 Å². The fourth-order valence-electron chi connectivity index (χ4n) is 2.26. The highest BCUT2D eigenvalue weighted by Crippen LogP contribution is 2.46. The smallest absolute Gasteiger partial charge is 0.153 e. The van der Waals surface area contributed by atoms with Crippen LogP contribution in [0.4, 0.5) is 11.5 Å². The zero-order chi connectivity index (χ0) is 9.71.